The molecule has 2 heterocycles. The molecule has 2 aliphatic heterocycles. The van der Waals surface area contributed by atoms with Gasteiger partial charge in [0.15, 0.2) is 5.60 Å². The first-order valence-corrected chi connectivity index (χ1v) is 8.36. The van der Waals surface area contributed by atoms with Gasteiger partial charge in [-0.05, 0) is 42.5 Å². The topological polar surface area (TPSA) is 145 Å². The second kappa shape index (κ2) is 5.98. The molecule has 3 aromatic rings. The summed E-state index contributed by atoms with van der Waals surface area (Å²) in [5, 5.41) is 29.2. The molecule has 0 aromatic heterocycles. The molecule has 0 radical (unpaired) electrons. The molecule has 0 aliphatic carbocycles. The second-order valence-corrected chi connectivity index (χ2v) is 6.60. The van der Waals surface area contributed by atoms with Crippen LogP contribution in [0.25, 0.3) is 0 Å². The summed E-state index contributed by atoms with van der Waals surface area (Å²) >= 11 is 0. The van der Waals surface area contributed by atoms with Crippen LogP contribution in [0.5, 0.6) is 23.0 Å². The number of hydrogen-bond acceptors (Lipinski definition) is 6. The monoisotopic (exact) mass is 394 g/mol. The van der Waals surface area contributed by atoms with E-state index in [1.807, 2.05) is 0 Å². The Bertz CT molecular complexity index is 1150. The molecule has 0 amide bonds. The minimum absolute atomic E-state index is 0. The minimum Gasteiger partial charge on any atom is -0.508 e. The largest absolute Gasteiger partial charge is 0.508 e. The summed E-state index contributed by atoms with van der Waals surface area (Å²) < 4.78 is 11.7. The van der Waals surface area contributed by atoms with Gasteiger partial charge in [-0.3, -0.25) is 0 Å². The predicted molar refractivity (Wildman–Crippen MR) is 98.6 cm³/mol. The zero-order chi connectivity index (χ0) is 19.6. The van der Waals surface area contributed by atoms with Crippen molar-refractivity contribution in [2.45, 2.75) is 5.60 Å². The molecule has 0 saturated carbocycles. The molecule has 0 unspecified atom stereocenters. The lowest BCUT2D eigenvalue weighted by atomic mass is 9.77. The molecule has 146 valence electrons. The van der Waals surface area contributed by atoms with Crippen molar-refractivity contribution in [3.8, 4) is 23.0 Å². The van der Waals surface area contributed by atoms with E-state index in [-0.39, 0.29) is 39.6 Å². The van der Waals surface area contributed by atoms with Crippen LogP contribution in [0, 0.1) is 0 Å². The minimum atomic E-state index is -1.46. The average molecular weight is 394 g/mol. The number of aromatic carboxylic acids is 1. The molecule has 5 N–H and O–H groups in total. The summed E-state index contributed by atoms with van der Waals surface area (Å²) in [5.41, 5.74) is 0.0340. The first-order valence-electron chi connectivity index (χ1n) is 8.36. The number of rotatable bonds is 1. The number of carboxylic acid groups (broad SMARTS) is 1. The Hall–Kier alpha value is -4.04. The van der Waals surface area contributed by atoms with Crippen LogP contribution in [0.3, 0.4) is 0 Å². The Morgan fingerprint density at radius 3 is 1.97 bits per heavy atom. The summed E-state index contributed by atoms with van der Waals surface area (Å²) in [7, 11) is 0. The van der Waals surface area contributed by atoms with Crippen molar-refractivity contribution in [3.63, 3.8) is 0 Å². The maximum atomic E-state index is 12.7. The van der Waals surface area contributed by atoms with Crippen LogP contribution in [-0.4, -0.2) is 32.7 Å². The fourth-order valence-electron chi connectivity index (χ4n) is 3.83. The van der Waals surface area contributed by atoms with E-state index in [2.05, 4.69) is 0 Å². The summed E-state index contributed by atoms with van der Waals surface area (Å²) in [5.74, 6) is -1.38. The van der Waals surface area contributed by atoms with Gasteiger partial charge in [-0.2, -0.15) is 0 Å². The van der Waals surface area contributed by atoms with Crippen LogP contribution < -0.4 is 4.74 Å². The SMILES string of the molecule is O.O=C(O)c1ccc2c(c1)C1(OC2=O)c2ccc(O)cc2Oc2cc(O)ccc21. The number of hydrogen-bond donors (Lipinski definition) is 3. The first kappa shape index (κ1) is 18.3. The van der Waals surface area contributed by atoms with Crippen molar-refractivity contribution in [3.05, 3.63) is 82.4 Å². The van der Waals surface area contributed by atoms with E-state index in [0.717, 1.165) is 0 Å². The highest BCUT2D eigenvalue weighted by atomic mass is 16.6. The van der Waals surface area contributed by atoms with Gasteiger partial charge in [0.2, 0.25) is 0 Å². The molecular formula is C21H14O8. The van der Waals surface area contributed by atoms with Crippen molar-refractivity contribution < 1.29 is 39.9 Å². The predicted octanol–water partition coefficient (Wildman–Crippen LogP) is 2.54. The number of esters is 1. The molecule has 8 heteroatoms. The standard InChI is InChI=1S/C21H12O7.H2O/c22-11-2-5-14-17(8-11)27-18-9-12(23)3-6-15(18)21(14)16-7-10(19(24)25)1-4-13(16)20(26)28-21;/h1-9,22-23H,(H,24,25);1H2. The summed E-state index contributed by atoms with van der Waals surface area (Å²) in [6.07, 6.45) is 0. The van der Waals surface area contributed by atoms with Gasteiger partial charge in [0.1, 0.15) is 23.0 Å². The van der Waals surface area contributed by atoms with Crippen LogP contribution in [0.4, 0.5) is 0 Å². The van der Waals surface area contributed by atoms with E-state index in [9.17, 15) is 24.9 Å². The summed E-state index contributed by atoms with van der Waals surface area (Å²) in [4.78, 5) is 24.2. The molecule has 29 heavy (non-hydrogen) atoms. The van der Waals surface area contributed by atoms with Crippen molar-refractivity contribution in [2.24, 2.45) is 0 Å². The van der Waals surface area contributed by atoms with E-state index >= 15 is 0 Å². The van der Waals surface area contributed by atoms with Gasteiger partial charge in [-0.25, -0.2) is 9.59 Å². The van der Waals surface area contributed by atoms with Crippen LogP contribution >= 0.6 is 0 Å². The number of ether oxygens (including phenoxy) is 2. The fraction of sp³-hybridized carbons (Fsp3) is 0.0476. The quantitative estimate of drug-likeness (QED) is 0.538. The molecule has 3 aromatic carbocycles. The molecule has 2 aliphatic rings. The normalized spacial score (nSPS) is 14.7. The van der Waals surface area contributed by atoms with Gasteiger partial charge < -0.3 is 30.3 Å². The van der Waals surface area contributed by atoms with Crippen molar-refractivity contribution in [1.29, 1.82) is 0 Å². The first-order chi connectivity index (χ1) is 13.4. The molecule has 5 rings (SSSR count). The third-order valence-corrected chi connectivity index (χ3v) is 5.02. The molecule has 0 bridgehead atoms. The third kappa shape index (κ3) is 2.36. The number of carbonyl (C=O) groups is 2. The van der Waals surface area contributed by atoms with Gasteiger partial charge in [-0.15, -0.1) is 0 Å². The maximum Gasteiger partial charge on any atom is 0.340 e. The molecule has 0 atom stereocenters. The maximum absolute atomic E-state index is 12.7. The van der Waals surface area contributed by atoms with Gasteiger partial charge in [-0.1, -0.05) is 0 Å². The van der Waals surface area contributed by atoms with Gasteiger partial charge in [0.25, 0.3) is 0 Å². The fourth-order valence-corrected chi connectivity index (χ4v) is 3.83. The molecule has 1 spiro atoms. The van der Waals surface area contributed by atoms with Crippen LogP contribution in [0.1, 0.15) is 37.4 Å². The number of aromatic hydroxyl groups is 2. The number of benzene rings is 3. The highest BCUT2D eigenvalue weighted by molar-refractivity contribution is 5.99. The third-order valence-electron chi connectivity index (χ3n) is 5.02. The Morgan fingerprint density at radius 1 is 0.828 bits per heavy atom. The van der Waals surface area contributed by atoms with Gasteiger partial charge >= 0.3 is 11.9 Å². The number of carbonyl (C=O) groups excluding carboxylic acids is 1. The highest BCUT2D eigenvalue weighted by Gasteiger charge is 2.53. The van der Waals surface area contributed by atoms with E-state index < -0.39 is 17.5 Å². The van der Waals surface area contributed by atoms with E-state index in [0.29, 0.717) is 16.7 Å². The van der Waals surface area contributed by atoms with Crippen LogP contribution in [-0.2, 0) is 10.3 Å². The zero-order valence-electron chi connectivity index (χ0n) is 14.7. The molecular weight excluding hydrogens is 380 g/mol. The lowest BCUT2D eigenvalue weighted by Crippen LogP contribution is -2.33. The van der Waals surface area contributed by atoms with E-state index in [1.54, 1.807) is 12.1 Å². The van der Waals surface area contributed by atoms with Gasteiger partial charge in [0.05, 0.1) is 11.1 Å². The summed E-state index contributed by atoms with van der Waals surface area (Å²) in [6.45, 7) is 0. The number of phenolic OH excluding ortho intramolecular Hbond substituents is 2. The van der Waals surface area contributed by atoms with Crippen LogP contribution in [0.15, 0.2) is 54.6 Å². The van der Waals surface area contributed by atoms with Crippen molar-refractivity contribution in [1.82, 2.24) is 0 Å². The number of fused-ring (bicyclic) bond motifs is 6. The van der Waals surface area contributed by atoms with E-state index in [4.69, 9.17) is 9.47 Å². The van der Waals surface area contributed by atoms with Crippen molar-refractivity contribution >= 4 is 11.9 Å². The van der Waals surface area contributed by atoms with Crippen molar-refractivity contribution in [2.75, 3.05) is 0 Å². The zero-order valence-corrected chi connectivity index (χ0v) is 14.7. The van der Waals surface area contributed by atoms with Gasteiger partial charge in [0, 0.05) is 28.8 Å². The Kier molecular flexibility index (Phi) is 3.78. The molecule has 0 fully saturated rings. The number of carboxylic acids is 1. The highest BCUT2D eigenvalue weighted by Crippen LogP contribution is 2.57. The van der Waals surface area contributed by atoms with Crippen LogP contribution in [0.2, 0.25) is 0 Å². The Labute approximate surface area is 163 Å². The Balaban J connectivity index is 0.00000205. The summed E-state index contributed by atoms with van der Waals surface area (Å²) in [6, 6.07) is 12.9. The molecule has 0 saturated heterocycles. The lowest BCUT2D eigenvalue weighted by molar-refractivity contribution is 0.0224. The number of phenols is 2. The average Bonchev–Trinajstić information content (AvgIpc) is 2.94. The van der Waals surface area contributed by atoms with E-state index in [1.165, 1.54) is 42.5 Å². The Morgan fingerprint density at radius 2 is 1.41 bits per heavy atom. The lowest BCUT2D eigenvalue weighted by Gasteiger charge is -2.36. The molecule has 8 nitrogen and oxygen atoms in total. The second-order valence-electron chi connectivity index (χ2n) is 6.60. The smallest absolute Gasteiger partial charge is 0.340 e.